The molecule has 2 N–H and O–H groups in total. The Labute approximate surface area is 114 Å². The molecule has 0 saturated carbocycles. The van der Waals surface area contributed by atoms with Gasteiger partial charge in [0, 0.05) is 9.75 Å². The van der Waals surface area contributed by atoms with E-state index in [-0.39, 0.29) is 0 Å². The number of anilines is 1. The molecule has 2 heterocycles. The third-order valence-corrected chi connectivity index (χ3v) is 4.15. The Balaban J connectivity index is 2.13. The van der Waals surface area contributed by atoms with E-state index in [1.165, 1.54) is 9.75 Å². The van der Waals surface area contributed by atoms with Gasteiger partial charge in [-0.15, -0.1) is 11.3 Å². The minimum absolute atomic E-state index is 0.504. The zero-order chi connectivity index (χ0) is 12.7. The third-order valence-electron chi connectivity index (χ3n) is 2.86. The second-order valence-electron chi connectivity index (χ2n) is 4.18. The summed E-state index contributed by atoms with van der Waals surface area (Å²) in [7, 11) is 0. The maximum atomic E-state index is 6.23. The SMILES string of the molecule is Cc1ccc(Cn2c(N)nc3cccc(Cl)c32)s1. The van der Waals surface area contributed by atoms with E-state index in [1.807, 2.05) is 22.8 Å². The normalized spacial score (nSPS) is 11.2. The fourth-order valence-electron chi connectivity index (χ4n) is 2.05. The number of hydrogen-bond donors (Lipinski definition) is 1. The highest BCUT2D eigenvalue weighted by atomic mass is 35.5. The Morgan fingerprint density at radius 3 is 2.89 bits per heavy atom. The molecule has 0 radical (unpaired) electrons. The number of nitrogens with two attached hydrogens (primary N) is 1. The number of rotatable bonds is 2. The van der Waals surface area contributed by atoms with Crippen molar-refractivity contribution in [1.82, 2.24) is 9.55 Å². The molecule has 92 valence electrons. The minimum Gasteiger partial charge on any atom is -0.369 e. The fraction of sp³-hybridized carbons (Fsp3) is 0.154. The van der Waals surface area contributed by atoms with Gasteiger partial charge < -0.3 is 10.3 Å². The van der Waals surface area contributed by atoms with E-state index in [2.05, 4.69) is 24.0 Å². The number of nitrogen functional groups attached to an aromatic ring is 1. The number of hydrogen-bond acceptors (Lipinski definition) is 3. The van der Waals surface area contributed by atoms with Gasteiger partial charge in [-0.3, -0.25) is 0 Å². The summed E-state index contributed by atoms with van der Waals surface area (Å²) in [5.74, 6) is 0.504. The van der Waals surface area contributed by atoms with Crippen LogP contribution in [0, 0.1) is 6.92 Å². The Hall–Kier alpha value is -1.52. The van der Waals surface area contributed by atoms with Gasteiger partial charge in [0.15, 0.2) is 0 Å². The Kier molecular flexibility index (Phi) is 2.76. The van der Waals surface area contributed by atoms with E-state index < -0.39 is 0 Å². The fourth-order valence-corrected chi connectivity index (χ4v) is 3.20. The summed E-state index contributed by atoms with van der Waals surface area (Å²) in [5.41, 5.74) is 7.72. The molecule has 1 aromatic carbocycles. The van der Waals surface area contributed by atoms with Crippen molar-refractivity contribution in [2.45, 2.75) is 13.5 Å². The predicted octanol–water partition coefficient (Wildman–Crippen LogP) is 3.69. The lowest BCUT2D eigenvalue weighted by Gasteiger charge is -2.05. The van der Waals surface area contributed by atoms with E-state index in [0.29, 0.717) is 17.5 Å². The number of nitrogens with zero attached hydrogens (tertiary/aromatic N) is 2. The number of imidazole rings is 1. The van der Waals surface area contributed by atoms with Crippen molar-refractivity contribution < 1.29 is 0 Å². The highest BCUT2D eigenvalue weighted by molar-refractivity contribution is 7.11. The highest BCUT2D eigenvalue weighted by Gasteiger charge is 2.11. The first-order valence-electron chi connectivity index (χ1n) is 5.60. The molecule has 0 unspecified atom stereocenters. The monoisotopic (exact) mass is 277 g/mol. The number of thiophene rings is 1. The van der Waals surface area contributed by atoms with Crippen LogP contribution in [0.25, 0.3) is 11.0 Å². The molecule has 18 heavy (non-hydrogen) atoms. The standard InChI is InChI=1S/C13H12ClN3S/c1-8-5-6-9(18-8)7-17-12-10(14)3-2-4-11(12)16-13(17)15/h2-6H,7H2,1H3,(H2,15,16). The molecule has 3 rings (SSSR count). The van der Waals surface area contributed by atoms with Crippen LogP contribution in [0.4, 0.5) is 5.95 Å². The average molecular weight is 278 g/mol. The summed E-state index contributed by atoms with van der Waals surface area (Å²) in [6.07, 6.45) is 0. The number of fused-ring (bicyclic) bond motifs is 1. The van der Waals surface area contributed by atoms with Gasteiger partial charge in [-0.2, -0.15) is 0 Å². The third kappa shape index (κ3) is 1.87. The summed E-state index contributed by atoms with van der Waals surface area (Å²) in [5, 5.41) is 0.685. The molecule has 0 fully saturated rings. The highest BCUT2D eigenvalue weighted by Crippen LogP contribution is 2.27. The first-order valence-corrected chi connectivity index (χ1v) is 6.80. The molecule has 0 aliphatic carbocycles. The molecule has 0 spiro atoms. The molecular weight excluding hydrogens is 266 g/mol. The summed E-state index contributed by atoms with van der Waals surface area (Å²) in [4.78, 5) is 6.88. The van der Waals surface area contributed by atoms with Crippen molar-refractivity contribution in [3.63, 3.8) is 0 Å². The summed E-state index contributed by atoms with van der Waals surface area (Å²) >= 11 is 8.00. The van der Waals surface area contributed by atoms with Crippen LogP contribution in [0.5, 0.6) is 0 Å². The zero-order valence-electron chi connectivity index (χ0n) is 9.85. The molecule has 0 aliphatic rings. The predicted molar refractivity (Wildman–Crippen MR) is 77.3 cm³/mol. The second-order valence-corrected chi connectivity index (χ2v) is 5.96. The molecule has 5 heteroatoms. The zero-order valence-corrected chi connectivity index (χ0v) is 11.4. The van der Waals surface area contributed by atoms with E-state index in [9.17, 15) is 0 Å². The number of benzene rings is 1. The molecular formula is C13H12ClN3S. The quantitative estimate of drug-likeness (QED) is 0.776. The maximum absolute atomic E-state index is 6.23. The van der Waals surface area contributed by atoms with Crippen LogP contribution in [-0.4, -0.2) is 9.55 Å². The first-order chi connectivity index (χ1) is 8.65. The van der Waals surface area contributed by atoms with Gasteiger partial charge in [-0.25, -0.2) is 4.98 Å². The van der Waals surface area contributed by atoms with E-state index in [1.54, 1.807) is 11.3 Å². The summed E-state index contributed by atoms with van der Waals surface area (Å²) in [6, 6.07) is 9.89. The lowest BCUT2D eigenvalue weighted by atomic mass is 10.3. The van der Waals surface area contributed by atoms with Crippen LogP contribution in [-0.2, 0) is 6.54 Å². The van der Waals surface area contributed by atoms with Crippen molar-refractivity contribution in [3.8, 4) is 0 Å². The van der Waals surface area contributed by atoms with Crippen LogP contribution in [0.15, 0.2) is 30.3 Å². The van der Waals surface area contributed by atoms with Crippen molar-refractivity contribution >= 4 is 39.9 Å². The molecule has 2 aromatic heterocycles. The van der Waals surface area contributed by atoms with Crippen LogP contribution in [0.3, 0.4) is 0 Å². The van der Waals surface area contributed by atoms with Gasteiger partial charge in [0.25, 0.3) is 0 Å². The van der Waals surface area contributed by atoms with Gasteiger partial charge in [-0.1, -0.05) is 17.7 Å². The number of halogens is 1. The van der Waals surface area contributed by atoms with Crippen molar-refractivity contribution in [3.05, 3.63) is 45.1 Å². The second kappa shape index (κ2) is 4.30. The number of para-hydroxylation sites is 1. The van der Waals surface area contributed by atoms with Crippen LogP contribution >= 0.6 is 22.9 Å². The van der Waals surface area contributed by atoms with Gasteiger partial charge in [0.05, 0.1) is 22.6 Å². The largest absolute Gasteiger partial charge is 0.369 e. The Bertz CT molecular complexity index is 714. The lowest BCUT2D eigenvalue weighted by Crippen LogP contribution is -2.03. The average Bonchev–Trinajstić information content (AvgIpc) is 2.85. The topological polar surface area (TPSA) is 43.8 Å². The van der Waals surface area contributed by atoms with Crippen LogP contribution < -0.4 is 5.73 Å². The van der Waals surface area contributed by atoms with Crippen LogP contribution in [0.1, 0.15) is 9.75 Å². The van der Waals surface area contributed by atoms with E-state index >= 15 is 0 Å². The molecule has 3 nitrogen and oxygen atoms in total. The van der Waals surface area contributed by atoms with Crippen molar-refractivity contribution in [2.24, 2.45) is 0 Å². The maximum Gasteiger partial charge on any atom is 0.201 e. The van der Waals surface area contributed by atoms with Gasteiger partial charge in [-0.05, 0) is 31.2 Å². The van der Waals surface area contributed by atoms with Crippen LogP contribution in [0.2, 0.25) is 5.02 Å². The molecule has 0 amide bonds. The summed E-state index contributed by atoms with van der Waals surface area (Å²) < 4.78 is 1.96. The Morgan fingerprint density at radius 1 is 1.33 bits per heavy atom. The first kappa shape index (κ1) is 11.6. The summed E-state index contributed by atoms with van der Waals surface area (Å²) in [6.45, 7) is 2.81. The molecule has 0 saturated heterocycles. The molecule has 3 aromatic rings. The van der Waals surface area contributed by atoms with Crippen molar-refractivity contribution in [1.29, 1.82) is 0 Å². The van der Waals surface area contributed by atoms with E-state index in [4.69, 9.17) is 17.3 Å². The Morgan fingerprint density at radius 2 is 2.17 bits per heavy atom. The molecule has 0 aliphatic heterocycles. The van der Waals surface area contributed by atoms with Gasteiger partial charge in [0.2, 0.25) is 5.95 Å². The number of aromatic nitrogens is 2. The van der Waals surface area contributed by atoms with Gasteiger partial charge in [0.1, 0.15) is 0 Å². The number of aryl methyl sites for hydroxylation is 1. The molecule has 0 atom stereocenters. The van der Waals surface area contributed by atoms with E-state index in [0.717, 1.165) is 11.0 Å². The lowest BCUT2D eigenvalue weighted by molar-refractivity contribution is 0.853. The smallest absolute Gasteiger partial charge is 0.201 e. The van der Waals surface area contributed by atoms with Crippen molar-refractivity contribution in [2.75, 3.05) is 5.73 Å². The van der Waals surface area contributed by atoms with Gasteiger partial charge >= 0.3 is 0 Å². The molecule has 0 bridgehead atoms. The minimum atomic E-state index is 0.504.